The van der Waals surface area contributed by atoms with Crippen molar-refractivity contribution in [3.63, 3.8) is 0 Å². The Morgan fingerprint density at radius 3 is 2.38 bits per heavy atom. The predicted molar refractivity (Wildman–Crippen MR) is 84.0 cm³/mol. The Morgan fingerprint density at radius 2 is 1.86 bits per heavy atom. The van der Waals surface area contributed by atoms with Crippen LogP contribution in [-0.4, -0.2) is 17.7 Å². The summed E-state index contributed by atoms with van der Waals surface area (Å²) in [5, 5.41) is 2.98. The van der Waals surface area contributed by atoms with Crippen LogP contribution in [0.2, 0.25) is 0 Å². The molecule has 0 spiro atoms. The molecule has 0 heterocycles. The van der Waals surface area contributed by atoms with Crippen molar-refractivity contribution in [2.45, 2.75) is 52.5 Å². The normalized spacial score (nSPS) is 22.5. The van der Waals surface area contributed by atoms with Crippen molar-refractivity contribution < 1.29 is 9.59 Å². The highest BCUT2D eigenvalue weighted by atomic mass is 16.2. The Hall–Kier alpha value is -1.64. The van der Waals surface area contributed by atoms with Crippen LogP contribution in [-0.2, 0) is 9.59 Å². The maximum Gasteiger partial charge on any atom is 0.224 e. The van der Waals surface area contributed by atoms with Crippen LogP contribution in [0.1, 0.15) is 52.0 Å². The number of nitrogens with one attached hydrogen (secondary N) is 1. The second kappa shape index (κ2) is 6.00. The Labute approximate surface area is 127 Å². The van der Waals surface area contributed by atoms with E-state index in [1.165, 1.54) is 5.56 Å². The molecule has 1 aromatic carbocycles. The number of hydrogen-bond acceptors (Lipinski definition) is 2. The first-order valence-electron chi connectivity index (χ1n) is 7.72. The van der Waals surface area contributed by atoms with Gasteiger partial charge in [0.25, 0.3) is 0 Å². The van der Waals surface area contributed by atoms with Crippen LogP contribution >= 0.6 is 0 Å². The van der Waals surface area contributed by atoms with Crippen molar-refractivity contribution in [2.75, 3.05) is 0 Å². The van der Waals surface area contributed by atoms with Crippen LogP contribution in [0.3, 0.4) is 0 Å². The molecule has 1 amide bonds. The zero-order valence-electron chi connectivity index (χ0n) is 13.3. The van der Waals surface area contributed by atoms with E-state index < -0.39 is 6.04 Å². The highest BCUT2D eigenvalue weighted by molar-refractivity contribution is 5.91. The average molecular weight is 287 g/mol. The molecule has 0 aliphatic heterocycles. The Balaban J connectivity index is 2.00. The van der Waals surface area contributed by atoms with Crippen LogP contribution in [0, 0.1) is 11.3 Å². The zero-order valence-corrected chi connectivity index (χ0v) is 13.3. The fraction of sp³-hybridized carbons (Fsp3) is 0.556. The van der Waals surface area contributed by atoms with Crippen molar-refractivity contribution in [2.24, 2.45) is 11.3 Å². The number of carbonyl (C=O) groups is 2. The smallest absolute Gasteiger partial charge is 0.224 e. The Kier molecular flexibility index (Phi) is 4.50. The molecule has 1 fully saturated rings. The summed E-state index contributed by atoms with van der Waals surface area (Å²) in [5.41, 5.74) is 0.964. The molecule has 1 aliphatic carbocycles. The van der Waals surface area contributed by atoms with Crippen LogP contribution < -0.4 is 5.32 Å². The van der Waals surface area contributed by atoms with Crippen LogP contribution in [0.25, 0.3) is 0 Å². The summed E-state index contributed by atoms with van der Waals surface area (Å²) in [7, 11) is 0. The molecule has 2 rings (SSSR count). The highest BCUT2D eigenvalue weighted by Gasteiger charge is 2.45. The molecule has 1 aromatic rings. The van der Waals surface area contributed by atoms with E-state index in [0.717, 1.165) is 6.42 Å². The van der Waals surface area contributed by atoms with E-state index in [-0.39, 0.29) is 23.0 Å². The third kappa shape index (κ3) is 3.72. The van der Waals surface area contributed by atoms with Gasteiger partial charge in [0.15, 0.2) is 5.78 Å². The molecule has 0 aromatic heterocycles. The van der Waals surface area contributed by atoms with Gasteiger partial charge in [-0.15, -0.1) is 0 Å². The van der Waals surface area contributed by atoms with E-state index in [1.807, 2.05) is 45.9 Å². The van der Waals surface area contributed by atoms with Gasteiger partial charge >= 0.3 is 0 Å². The number of hydrogen-bond donors (Lipinski definition) is 1. The largest absolute Gasteiger partial charge is 0.346 e. The summed E-state index contributed by atoms with van der Waals surface area (Å²) in [6.45, 7) is 7.82. The summed E-state index contributed by atoms with van der Waals surface area (Å²) in [6, 6.07) is 9.72. The first-order chi connectivity index (χ1) is 9.84. The van der Waals surface area contributed by atoms with Crippen molar-refractivity contribution >= 4 is 11.7 Å². The van der Waals surface area contributed by atoms with Gasteiger partial charge in [0.05, 0.1) is 6.04 Å². The molecule has 1 saturated carbocycles. The van der Waals surface area contributed by atoms with Gasteiger partial charge in [-0.2, -0.15) is 0 Å². The number of rotatable bonds is 5. The molecular formula is C18H25NO2. The van der Waals surface area contributed by atoms with Gasteiger partial charge in [-0.05, 0) is 23.3 Å². The number of benzene rings is 1. The molecule has 114 valence electrons. The van der Waals surface area contributed by atoms with E-state index in [0.29, 0.717) is 12.3 Å². The average Bonchev–Trinajstić information content (AvgIpc) is 3.24. The SMILES string of the molecule is CCC(=O)[C@@H](NC(=O)[C@@H]1C[C@H]1c1ccccc1)C(C)(C)C. The summed E-state index contributed by atoms with van der Waals surface area (Å²) in [5.74, 6) is 0.448. The van der Waals surface area contributed by atoms with Gasteiger partial charge < -0.3 is 5.32 Å². The molecule has 1 N–H and O–H groups in total. The summed E-state index contributed by atoms with van der Waals surface area (Å²) >= 11 is 0. The van der Waals surface area contributed by atoms with Crippen LogP contribution in [0.5, 0.6) is 0 Å². The lowest BCUT2D eigenvalue weighted by Crippen LogP contribution is -2.49. The number of carbonyl (C=O) groups excluding carboxylic acids is 2. The summed E-state index contributed by atoms with van der Waals surface area (Å²) in [6.07, 6.45) is 1.34. The minimum atomic E-state index is -0.396. The molecule has 3 heteroatoms. The van der Waals surface area contributed by atoms with Crippen molar-refractivity contribution in [1.82, 2.24) is 5.32 Å². The van der Waals surface area contributed by atoms with E-state index in [4.69, 9.17) is 0 Å². The third-order valence-corrected chi connectivity index (χ3v) is 4.18. The topological polar surface area (TPSA) is 46.2 Å². The second-order valence-corrected chi connectivity index (χ2v) is 6.99. The molecule has 21 heavy (non-hydrogen) atoms. The molecule has 3 atom stereocenters. The molecule has 3 nitrogen and oxygen atoms in total. The Morgan fingerprint density at radius 1 is 1.24 bits per heavy atom. The monoisotopic (exact) mass is 287 g/mol. The minimum Gasteiger partial charge on any atom is -0.346 e. The van der Waals surface area contributed by atoms with Gasteiger partial charge in [0.2, 0.25) is 5.91 Å². The van der Waals surface area contributed by atoms with Crippen LogP contribution in [0.4, 0.5) is 0 Å². The maximum absolute atomic E-state index is 12.4. The van der Waals surface area contributed by atoms with Crippen molar-refractivity contribution in [3.05, 3.63) is 35.9 Å². The number of amides is 1. The molecule has 0 bridgehead atoms. The number of ketones is 1. The fourth-order valence-corrected chi connectivity index (χ4v) is 2.79. The molecular weight excluding hydrogens is 262 g/mol. The zero-order chi connectivity index (χ0) is 15.6. The summed E-state index contributed by atoms with van der Waals surface area (Å²) in [4.78, 5) is 24.5. The predicted octanol–water partition coefficient (Wildman–Crippen LogP) is 3.30. The van der Waals surface area contributed by atoms with Gasteiger partial charge in [0.1, 0.15) is 0 Å². The minimum absolute atomic E-state index is 0.0157. The summed E-state index contributed by atoms with van der Waals surface area (Å²) < 4.78 is 0. The van der Waals surface area contributed by atoms with E-state index in [1.54, 1.807) is 0 Å². The first kappa shape index (κ1) is 15.7. The van der Waals surface area contributed by atoms with Gasteiger partial charge in [-0.3, -0.25) is 9.59 Å². The lowest BCUT2D eigenvalue weighted by atomic mass is 9.83. The second-order valence-electron chi connectivity index (χ2n) is 6.99. The quantitative estimate of drug-likeness (QED) is 0.903. The Bertz CT molecular complexity index is 516. The lowest BCUT2D eigenvalue weighted by Gasteiger charge is -2.30. The molecule has 1 aliphatic rings. The van der Waals surface area contributed by atoms with Crippen molar-refractivity contribution in [3.8, 4) is 0 Å². The van der Waals surface area contributed by atoms with Crippen molar-refractivity contribution in [1.29, 1.82) is 0 Å². The molecule has 0 saturated heterocycles. The molecule has 0 unspecified atom stereocenters. The molecule has 0 radical (unpaired) electrons. The van der Waals surface area contributed by atoms with E-state index in [9.17, 15) is 9.59 Å². The standard InChI is InChI=1S/C18H25NO2/c1-5-15(20)16(18(2,3)4)19-17(21)14-11-13(14)12-9-7-6-8-10-12/h6-10,13-14,16H,5,11H2,1-4H3,(H,19,21)/t13-,14+,16+/m0/s1. The van der Waals surface area contributed by atoms with E-state index in [2.05, 4.69) is 17.4 Å². The van der Waals surface area contributed by atoms with Gasteiger partial charge in [-0.1, -0.05) is 58.0 Å². The maximum atomic E-state index is 12.4. The number of Topliss-reactive ketones (excluding diaryl/α,β-unsaturated/α-hetero) is 1. The van der Waals surface area contributed by atoms with Crippen LogP contribution in [0.15, 0.2) is 30.3 Å². The van der Waals surface area contributed by atoms with E-state index >= 15 is 0 Å². The third-order valence-electron chi connectivity index (χ3n) is 4.18. The lowest BCUT2D eigenvalue weighted by molar-refractivity contribution is -0.130. The first-order valence-corrected chi connectivity index (χ1v) is 7.72. The van der Waals surface area contributed by atoms with Gasteiger partial charge in [0, 0.05) is 12.3 Å². The van der Waals surface area contributed by atoms with Gasteiger partial charge in [-0.25, -0.2) is 0 Å². The fourth-order valence-electron chi connectivity index (χ4n) is 2.79. The highest BCUT2D eigenvalue weighted by Crippen LogP contribution is 2.47.